The molecule has 2 aromatic carbocycles. The van der Waals surface area contributed by atoms with Gasteiger partial charge in [0.05, 0.1) is 18.8 Å². The van der Waals surface area contributed by atoms with Gasteiger partial charge < -0.3 is 24.8 Å². The van der Waals surface area contributed by atoms with E-state index in [1.807, 2.05) is 30.3 Å². The summed E-state index contributed by atoms with van der Waals surface area (Å²) in [4.78, 5) is 12.5. The van der Waals surface area contributed by atoms with E-state index in [4.69, 9.17) is 14.2 Å². The van der Waals surface area contributed by atoms with Gasteiger partial charge >= 0.3 is 12.2 Å². The summed E-state index contributed by atoms with van der Waals surface area (Å²) in [7, 11) is 0. The number of alkyl halides is 3. The van der Waals surface area contributed by atoms with E-state index in [1.54, 1.807) is 18.2 Å². The number of aromatic nitrogens is 3. The van der Waals surface area contributed by atoms with Crippen LogP contribution in [0.2, 0.25) is 0 Å². The quantitative estimate of drug-likeness (QED) is 0.509. The monoisotopic (exact) mass is 487 g/mol. The van der Waals surface area contributed by atoms with Crippen LogP contribution in [-0.4, -0.2) is 40.9 Å². The van der Waals surface area contributed by atoms with Crippen molar-refractivity contribution < 1.29 is 27.4 Å². The SMILES string of the molecule is FC(F)(F)COc1nc2nc(n1)NC1(CC1)c1ccc(cc1)OCCCCOc1cccc(c1)N2. The van der Waals surface area contributed by atoms with E-state index in [0.717, 1.165) is 37.0 Å². The van der Waals surface area contributed by atoms with Gasteiger partial charge in [-0.1, -0.05) is 18.2 Å². The van der Waals surface area contributed by atoms with Gasteiger partial charge in [-0.25, -0.2) is 0 Å². The molecule has 3 aromatic rings. The van der Waals surface area contributed by atoms with Gasteiger partial charge in [-0.3, -0.25) is 0 Å². The number of halogens is 3. The minimum atomic E-state index is -4.52. The average Bonchev–Trinajstić information content (AvgIpc) is 3.60. The summed E-state index contributed by atoms with van der Waals surface area (Å²) in [6, 6.07) is 14.5. The predicted octanol–water partition coefficient (Wildman–Crippen LogP) is 5.21. The minimum Gasteiger partial charge on any atom is -0.494 e. The van der Waals surface area contributed by atoms with Gasteiger partial charge in [0.15, 0.2) is 6.61 Å². The molecular formula is C24H24F3N5O3. The highest BCUT2D eigenvalue weighted by Gasteiger charge is 2.45. The molecule has 184 valence electrons. The molecule has 0 saturated heterocycles. The van der Waals surface area contributed by atoms with Crippen molar-refractivity contribution in [3.8, 4) is 17.5 Å². The minimum absolute atomic E-state index is 0.0503. The maximum atomic E-state index is 12.8. The van der Waals surface area contributed by atoms with Gasteiger partial charge in [-0.15, -0.1) is 0 Å². The summed E-state index contributed by atoms with van der Waals surface area (Å²) in [5.41, 5.74) is 1.20. The molecule has 1 saturated carbocycles. The van der Waals surface area contributed by atoms with Crippen molar-refractivity contribution in [3.05, 3.63) is 54.1 Å². The molecule has 11 heteroatoms. The topological polar surface area (TPSA) is 90.4 Å². The zero-order chi connectivity index (χ0) is 24.3. The van der Waals surface area contributed by atoms with E-state index in [-0.39, 0.29) is 11.9 Å². The summed E-state index contributed by atoms with van der Waals surface area (Å²) in [6.45, 7) is -0.408. The fraction of sp³-hybridized carbons (Fsp3) is 0.375. The van der Waals surface area contributed by atoms with Crippen LogP contribution in [0.5, 0.6) is 17.5 Å². The largest absolute Gasteiger partial charge is 0.494 e. The zero-order valence-electron chi connectivity index (χ0n) is 18.8. The molecule has 1 aromatic heterocycles. The molecule has 1 spiro atoms. The fourth-order valence-electron chi connectivity index (χ4n) is 3.75. The highest BCUT2D eigenvalue weighted by molar-refractivity contribution is 5.57. The summed E-state index contributed by atoms with van der Waals surface area (Å²) in [5, 5.41) is 6.29. The van der Waals surface area contributed by atoms with Crippen LogP contribution in [0, 0.1) is 0 Å². The first-order valence-electron chi connectivity index (χ1n) is 11.3. The van der Waals surface area contributed by atoms with E-state index in [2.05, 4.69) is 25.6 Å². The average molecular weight is 487 g/mol. The Balaban J connectivity index is 1.47. The molecular weight excluding hydrogens is 463 g/mol. The lowest BCUT2D eigenvalue weighted by Crippen LogP contribution is -2.23. The van der Waals surface area contributed by atoms with Gasteiger partial charge in [0.2, 0.25) is 11.9 Å². The molecule has 1 aliphatic carbocycles. The van der Waals surface area contributed by atoms with Gasteiger partial charge in [0.1, 0.15) is 11.5 Å². The highest BCUT2D eigenvalue weighted by atomic mass is 19.4. The first-order chi connectivity index (χ1) is 16.9. The van der Waals surface area contributed by atoms with Gasteiger partial charge in [0.25, 0.3) is 0 Å². The Kier molecular flexibility index (Phi) is 6.23. The molecule has 0 amide bonds. The Bertz CT molecular complexity index is 1170. The van der Waals surface area contributed by atoms with Crippen LogP contribution < -0.4 is 24.8 Å². The summed E-state index contributed by atoms with van der Waals surface area (Å²) >= 11 is 0. The van der Waals surface area contributed by atoms with E-state index >= 15 is 0 Å². The van der Waals surface area contributed by atoms with Crippen molar-refractivity contribution in [2.24, 2.45) is 0 Å². The van der Waals surface area contributed by atoms with Crippen LogP contribution in [-0.2, 0) is 5.54 Å². The fourth-order valence-corrected chi connectivity index (χ4v) is 3.75. The number of hydrogen-bond acceptors (Lipinski definition) is 8. The standard InChI is InChI=1S/C24H24F3N5O3/c25-24(26,27)15-35-22-30-20-28-17-4-3-5-19(14-17)34-13-2-1-12-33-18-8-6-16(7-9-18)23(10-11-23)32-21(29-20)31-22/h3-9,14H,1-2,10-13,15H2,(H2,28,29,30,31,32). The molecule has 1 fully saturated rings. The van der Waals surface area contributed by atoms with Gasteiger partial charge in [-0.2, -0.15) is 28.1 Å². The number of nitrogens with zero attached hydrogens (tertiary/aromatic N) is 3. The Labute approximate surface area is 199 Å². The van der Waals surface area contributed by atoms with Crippen LogP contribution in [0.25, 0.3) is 0 Å². The maximum Gasteiger partial charge on any atom is 0.422 e. The summed E-state index contributed by atoms with van der Waals surface area (Å²) < 4.78 is 54.7. The predicted molar refractivity (Wildman–Crippen MR) is 122 cm³/mol. The molecule has 0 atom stereocenters. The van der Waals surface area contributed by atoms with Crippen LogP contribution in [0.15, 0.2) is 48.5 Å². The third-order valence-electron chi connectivity index (χ3n) is 5.65. The van der Waals surface area contributed by atoms with Crippen molar-refractivity contribution in [1.29, 1.82) is 0 Å². The molecule has 0 radical (unpaired) electrons. The second-order valence-corrected chi connectivity index (χ2v) is 8.46. The molecule has 6 bridgehead atoms. The number of anilines is 3. The van der Waals surface area contributed by atoms with Gasteiger partial charge in [-0.05, 0) is 55.5 Å². The normalized spacial score (nSPS) is 17.0. The molecule has 2 aliphatic heterocycles. The third-order valence-corrected chi connectivity index (χ3v) is 5.65. The van der Waals surface area contributed by atoms with E-state index in [9.17, 15) is 13.2 Å². The lowest BCUT2D eigenvalue weighted by molar-refractivity contribution is -0.154. The van der Waals surface area contributed by atoms with Crippen molar-refractivity contribution in [1.82, 2.24) is 15.0 Å². The van der Waals surface area contributed by atoms with Crippen molar-refractivity contribution >= 4 is 17.6 Å². The lowest BCUT2D eigenvalue weighted by atomic mass is 10.1. The number of nitrogens with one attached hydrogen (secondary N) is 2. The van der Waals surface area contributed by atoms with E-state index < -0.39 is 24.3 Å². The Morgan fingerprint density at radius 2 is 1.60 bits per heavy atom. The Morgan fingerprint density at radius 3 is 2.31 bits per heavy atom. The first-order valence-corrected chi connectivity index (χ1v) is 11.3. The van der Waals surface area contributed by atoms with Crippen LogP contribution >= 0.6 is 0 Å². The van der Waals surface area contributed by atoms with Crippen molar-refractivity contribution in [3.63, 3.8) is 0 Å². The number of fused-ring (bicyclic) bond motifs is 7. The number of benzene rings is 2. The molecule has 3 heterocycles. The Morgan fingerprint density at radius 1 is 0.886 bits per heavy atom. The number of ether oxygens (including phenoxy) is 3. The smallest absolute Gasteiger partial charge is 0.422 e. The second-order valence-electron chi connectivity index (χ2n) is 8.46. The van der Waals surface area contributed by atoms with Crippen LogP contribution in [0.4, 0.5) is 30.8 Å². The Hall–Kier alpha value is -3.76. The first kappa shape index (κ1) is 23.0. The van der Waals surface area contributed by atoms with Crippen LogP contribution in [0.1, 0.15) is 31.2 Å². The van der Waals surface area contributed by atoms with E-state index in [0.29, 0.717) is 24.7 Å². The van der Waals surface area contributed by atoms with Crippen molar-refractivity contribution in [2.75, 3.05) is 30.5 Å². The highest BCUT2D eigenvalue weighted by Crippen LogP contribution is 2.48. The summed E-state index contributed by atoms with van der Waals surface area (Å²) in [6.07, 6.45) is -1.22. The second kappa shape index (κ2) is 9.47. The molecule has 6 rings (SSSR count). The molecule has 8 nitrogen and oxygen atoms in total. The van der Waals surface area contributed by atoms with E-state index in [1.165, 1.54) is 0 Å². The zero-order valence-corrected chi connectivity index (χ0v) is 18.8. The summed E-state index contributed by atoms with van der Waals surface area (Å²) in [5.74, 6) is 1.57. The molecule has 35 heavy (non-hydrogen) atoms. The lowest BCUT2D eigenvalue weighted by Gasteiger charge is -2.19. The van der Waals surface area contributed by atoms with Crippen molar-refractivity contribution in [2.45, 2.75) is 37.4 Å². The van der Waals surface area contributed by atoms with Crippen LogP contribution in [0.3, 0.4) is 0 Å². The number of rotatable bonds is 2. The maximum absolute atomic E-state index is 12.8. The van der Waals surface area contributed by atoms with Gasteiger partial charge in [0, 0.05) is 11.8 Å². The third kappa shape index (κ3) is 6.03. The molecule has 3 aliphatic rings. The molecule has 2 N–H and O–H groups in total. The number of hydrogen-bond donors (Lipinski definition) is 2. The molecule has 0 unspecified atom stereocenters.